The number of para-hydroxylation sites is 1. The van der Waals surface area contributed by atoms with E-state index < -0.39 is 0 Å². The molecule has 1 amide bonds. The number of nitrogens with zero attached hydrogens (tertiary/aromatic N) is 3. The van der Waals surface area contributed by atoms with Gasteiger partial charge in [0, 0.05) is 17.8 Å². The summed E-state index contributed by atoms with van der Waals surface area (Å²) in [7, 11) is 0. The SMILES string of the molecule is O=C(CSc1nnc(-c2ccc3c(c2)OCCO3)o1)N1CCCc2ccccc21. The highest BCUT2D eigenvalue weighted by molar-refractivity contribution is 7.99. The van der Waals surface area contributed by atoms with Crippen molar-refractivity contribution in [1.82, 2.24) is 10.2 Å². The highest BCUT2D eigenvalue weighted by Gasteiger charge is 2.23. The molecule has 0 unspecified atom stereocenters. The molecule has 0 saturated carbocycles. The van der Waals surface area contributed by atoms with E-state index in [1.165, 1.54) is 17.3 Å². The van der Waals surface area contributed by atoms with Gasteiger partial charge < -0.3 is 18.8 Å². The molecule has 2 aliphatic rings. The number of hydrogen-bond donors (Lipinski definition) is 0. The van der Waals surface area contributed by atoms with Crippen LogP contribution in [0.3, 0.4) is 0 Å². The summed E-state index contributed by atoms with van der Waals surface area (Å²) < 4.78 is 16.9. The third kappa shape index (κ3) is 3.67. The van der Waals surface area contributed by atoms with E-state index >= 15 is 0 Å². The van der Waals surface area contributed by atoms with E-state index in [2.05, 4.69) is 16.3 Å². The maximum absolute atomic E-state index is 12.8. The van der Waals surface area contributed by atoms with Crippen LogP contribution in [0.5, 0.6) is 11.5 Å². The average Bonchev–Trinajstić information content (AvgIpc) is 3.26. The Morgan fingerprint density at radius 1 is 1.07 bits per heavy atom. The Morgan fingerprint density at radius 2 is 1.93 bits per heavy atom. The van der Waals surface area contributed by atoms with Crippen molar-refractivity contribution >= 4 is 23.4 Å². The van der Waals surface area contributed by atoms with Crippen molar-refractivity contribution in [3.63, 3.8) is 0 Å². The van der Waals surface area contributed by atoms with Gasteiger partial charge in [-0.3, -0.25) is 4.79 Å². The Hall–Kier alpha value is -3.00. The highest BCUT2D eigenvalue weighted by atomic mass is 32.2. The van der Waals surface area contributed by atoms with Gasteiger partial charge in [-0.05, 0) is 42.7 Å². The van der Waals surface area contributed by atoms with Gasteiger partial charge in [0.25, 0.3) is 5.22 Å². The maximum atomic E-state index is 12.8. The lowest BCUT2D eigenvalue weighted by atomic mass is 10.0. The van der Waals surface area contributed by atoms with Crippen LogP contribution in [0.1, 0.15) is 12.0 Å². The molecule has 2 aromatic carbocycles. The van der Waals surface area contributed by atoms with Gasteiger partial charge in [-0.2, -0.15) is 0 Å². The van der Waals surface area contributed by atoms with Crippen LogP contribution in [0.25, 0.3) is 11.5 Å². The van der Waals surface area contributed by atoms with Gasteiger partial charge in [-0.1, -0.05) is 30.0 Å². The van der Waals surface area contributed by atoms with Crippen molar-refractivity contribution in [2.45, 2.75) is 18.1 Å². The fraction of sp³-hybridized carbons (Fsp3) is 0.286. The summed E-state index contributed by atoms with van der Waals surface area (Å²) in [5.74, 6) is 2.06. The lowest BCUT2D eigenvalue weighted by Crippen LogP contribution is -2.36. The van der Waals surface area contributed by atoms with Gasteiger partial charge in [-0.15, -0.1) is 10.2 Å². The van der Waals surface area contributed by atoms with Crippen LogP contribution in [0.4, 0.5) is 5.69 Å². The van der Waals surface area contributed by atoms with E-state index in [0.717, 1.165) is 30.6 Å². The molecule has 0 radical (unpaired) electrons. The molecule has 0 saturated heterocycles. The molecule has 0 spiro atoms. The molecule has 0 bridgehead atoms. The largest absolute Gasteiger partial charge is 0.486 e. The number of amides is 1. The van der Waals surface area contributed by atoms with E-state index in [1.54, 1.807) is 0 Å². The normalized spacial score (nSPS) is 15.1. The second kappa shape index (κ2) is 7.79. The van der Waals surface area contributed by atoms with Crippen LogP contribution in [0.2, 0.25) is 0 Å². The van der Waals surface area contributed by atoms with E-state index in [0.29, 0.717) is 35.8 Å². The number of benzene rings is 2. The van der Waals surface area contributed by atoms with Crippen LogP contribution in [-0.2, 0) is 11.2 Å². The molecule has 0 fully saturated rings. The van der Waals surface area contributed by atoms with Gasteiger partial charge in [0.15, 0.2) is 11.5 Å². The number of fused-ring (bicyclic) bond motifs is 2. The number of rotatable bonds is 4. The number of anilines is 1. The zero-order valence-electron chi connectivity index (χ0n) is 15.7. The molecule has 8 heteroatoms. The monoisotopic (exact) mass is 409 g/mol. The zero-order valence-corrected chi connectivity index (χ0v) is 16.5. The summed E-state index contributed by atoms with van der Waals surface area (Å²) in [4.78, 5) is 14.6. The first-order chi connectivity index (χ1) is 14.3. The number of ether oxygens (including phenoxy) is 2. The molecule has 29 heavy (non-hydrogen) atoms. The molecule has 2 aliphatic heterocycles. The Kier molecular flexibility index (Phi) is 4.85. The molecule has 7 nitrogen and oxygen atoms in total. The predicted molar refractivity (Wildman–Crippen MR) is 109 cm³/mol. The number of hydrogen-bond acceptors (Lipinski definition) is 7. The summed E-state index contributed by atoms with van der Waals surface area (Å²) in [5.41, 5.74) is 2.98. The third-order valence-electron chi connectivity index (χ3n) is 4.93. The third-order valence-corrected chi connectivity index (χ3v) is 5.73. The average molecular weight is 409 g/mol. The van der Waals surface area contributed by atoms with Crippen molar-refractivity contribution in [2.75, 3.05) is 30.4 Å². The summed E-state index contributed by atoms with van der Waals surface area (Å²) in [6.07, 6.45) is 1.98. The molecule has 0 atom stereocenters. The molecule has 1 aromatic heterocycles. The van der Waals surface area contributed by atoms with Gasteiger partial charge in [0.2, 0.25) is 11.8 Å². The first kappa shape index (κ1) is 18.1. The first-order valence-electron chi connectivity index (χ1n) is 9.52. The van der Waals surface area contributed by atoms with Crippen LogP contribution in [0.15, 0.2) is 52.1 Å². The van der Waals surface area contributed by atoms with Crippen molar-refractivity contribution < 1.29 is 18.7 Å². The van der Waals surface area contributed by atoms with E-state index in [1.807, 2.05) is 41.3 Å². The van der Waals surface area contributed by atoms with Gasteiger partial charge in [0.05, 0.1) is 5.75 Å². The standard InChI is InChI=1S/C21H19N3O4S/c25-19(24-9-3-5-14-4-1-2-6-16(14)24)13-29-21-23-22-20(28-21)15-7-8-17-18(12-15)27-11-10-26-17/h1-2,4,6-8,12H,3,5,9-11,13H2. The molecule has 3 aromatic rings. The minimum Gasteiger partial charge on any atom is -0.486 e. The fourth-order valence-electron chi connectivity index (χ4n) is 3.56. The zero-order chi connectivity index (χ0) is 19.6. The number of carbonyl (C=O) groups excluding carboxylic acids is 1. The predicted octanol–water partition coefficient (Wildman–Crippen LogP) is 3.58. The van der Waals surface area contributed by atoms with Crippen LogP contribution < -0.4 is 14.4 Å². The summed E-state index contributed by atoms with van der Waals surface area (Å²) in [6.45, 7) is 1.80. The van der Waals surface area contributed by atoms with Crippen molar-refractivity contribution in [1.29, 1.82) is 0 Å². The molecule has 3 heterocycles. The van der Waals surface area contributed by atoms with Gasteiger partial charge in [0.1, 0.15) is 13.2 Å². The lowest BCUT2D eigenvalue weighted by molar-refractivity contribution is -0.116. The molecular formula is C21H19N3O4S. The molecule has 0 aliphatic carbocycles. The molecule has 0 N–H and O–H groups in total. The van der Waals surface area contributed by atoms with Crippen molar-refractivity contribution in [2.24, 2.45) is 0 Å². The fourth-order valence-corrected chi connectivity index (χ4v) is 4.19. The molecule has 5 rings (SSSR count). The van der Waals surface area contributed by atoms with E-state index in [4.69, 9.17) is 13.9 Å². The summed E-state index contributed by atoms with van der Waals surface area (Å²) in [6, 6.07) is 13.6. The number of aromatic nitrogens is 2. The van der Waals surface area contributed by atoms with Crippen LogP contribution in [0, 0.1) is 0 Å². The first-order valence-corrected chi connectivity index (χ1v) is 10.5. The van der Waals surface area contributed by atoms with E-state index in [-0.39, 0.29) is 11.7 Å². The summed E-state index contributed by atoms with van der Waals surface area (Å²) in [5, 5.41) is 8.54. The Morgan fingerprint density at radius 3 is 2.86 bits per heavy atom. The van der Waals surface area contributed by atoms with Gasteiger partial charge >= 0.3 is 0 Å². The van der Waals surface area contributed by atoms with Crippen LogP contribution in [-0.4, -0.2) is 41.6 Å². The number of aryl methyl sites for hydroxylation is 1. The molecular weight excluding hydrogens is 390 g/mol. The van der Waals surface area contributed by atoms with Crippen molar-refractivity contribution in [3.05, 3.63) is 48.0 Å². The minimum absolute atomic E-state index is 0.0428. The lowest BCUT2D eigenvalue weighted by Gasteiger charge is -2.29. The highest BCUT2D eigenvalue weighted by Crippen LogP contribution is 2.35. The minimum atomic E-state index is 0.0428. The second-order valence-corrected chi connectivity index (χ2v) is 7.72. The number of thioether (sulfide) groups is 1. The Labute approximate surface area is 172 Å². The van der Waals surface area contributed by atoms with E-state index in [9.17, 15) is 4.79 Å². The maximum Gasteiger partial charge on any atom is 0.277 e. The second-order valence-electron chi connectivity index (χ2n) is 6.80. The number of carbonyl (C=O) groups is 1. The van der Waals surface area contributed by atoms with Crippen molar-refractivity contribution in [3.8, 4) is 23.0 Å². The quantitative estimate of drug-likeness (QED) is 0.610. The van der Waals surface area contributed by atoms with Gasteiger partial charge in [-0.25, -0.2) is 0 Å². The Bertz CT molecular complexity index is 1050. The van der Waals surface area contributed by atoms with Crippen LogP contribution >= 0.6 is 11.8 Å². The topological polar surface area (TPSA) is 77.7 Å². The summed E-state index contributed by atoms with van der Waals surface area (Å²) >= 11 is 1.25. The molecule has 148 valence electrons. The Balaban J connectivity index is 1.26. The smallest absolute Gasteiger partial charge is 0.277 e.